The van der Waals surface area contributed by atoms with Crippen molar-refractivity contribution in [1.82, 2.24) is 9.21 Å². The summed E-state index contributed by atoms with van der Waals surface area (Å²) in [6, 6.07) is 11.4. The fraction of sp³-hybridized carbons (Fsp3) is 0.364. The van der Waals surface area contributed by atoms with Crippen molar-refractivity contribution in [2.45, 2.75) is 30.7 Å². The second-order valence-electron chi connectivity index (χ2n) is 7.85. The predicted molar refractivity (Wildman–Crippen MR) is 113 cm³/mol. The first-order valence-electron chi connectivity index (χ1n) is 10.2. The van der Waals surface area contributed by atoms with E-state index in [0.29, 0.717) is 26.2 Å². The van der Waals surface area contributed by atoms with Crippen LogP contribution in [0.5, 0.6) is 0 Å². The van der Waals surface area contributed by atoms with Gasteiger partial charge in [0.1, 0.15) is 11.9 Å². The van der Waals surface area contributed by atoms with Gasteiger partial charge in [-0.15, -0.1) is 0 Å². The van der Waals surface area contributed by atoms with Crippen LogP contribution < -0.4 is 4.90 Å². The quantitative estimate of drug-likeness (QED) is 0.721. The van der Waals surface area contributed by atoms with Crippen molar-refractivity contribution >= 4 is 27.5 Å². The van der Waals surface area contributed by atoms with Gasteiger partial charge in [0.05, 0.1) is 4.90 Å². The lowest BCUT2D eigenvalue weighted by molar-refractivity contribution is -0.138. The summed E-state index contributed by atoms with van der Waals surface area (Å²) >= 11 is 0. The van der Waals surface area contributed by atoms with Crippen molar-refractivity contribution in [2.75, 3.05) is 31.1 Å². The molecule has 9 heteroatoms. The lowest BCUT2D eigenvalue weighted by Gasteiger charge is -2.38. The molecule has 2 saturated heterocycles. The van der Waals surface area contributed by atoms with Gasteiger partial charge in [0, 0.05) is 38.3 Å². The van der Waals surface area contributed by atoms with E-state index in [9.17, 15) is 22.4 Å². The smallest absolute Gasteiger partial charge is 0.267 e. The van der Waals surface area contributed by atoms with E-state index in [1.165, 1.54) is 24.3 Å². The lowest BCUT2D eigenvalue weighted by Crippen LogP contribution is -2.55. The predicted octanol–water partition coefficient (Wildman–Crippen LogP) is 2.16. The number of hydrogen-bond donors (Lipinski definition) is 0. The first kappa shape index (κ1) is 21.3. The van der Waals surface area contributed by atoms with Gasteiger partial charge in [-0.05, 0) is 49.7 Å². The van der Waals surface area contributed by atoms with Gasteiger partial charge in [-0.3, -0.25) is 9.59 Å². The minimum absolute atomic E-state index is 0.00674. The van der Waals surface area contributed by atoms with Gasteiger partial charge in [-0.1, -0.05) is 17.7 Å². The van der Waals surface area contributed by atoms with Crippen molar-refractivity contribution < 1.29 is 22.4 Å². The maximum atomic E-state index is 13.2. The summed E-state index contributed by atoms with van der Waals surface area (Å²) in [5.74, 6) is -1.21. The molecule has 0 aliphatic carbocycles. The van der Waals surface area contributed by atoms with Crippen LogP contribution in [0.15, 0.2) is 53.4 Å². The molecular weight excluding hydrogens is 421 g/mol. The van der Waals surface area contributed by atoms with E-state index in [1.54, 1.807) is 29.2 Å². The molecule has 0 bridgehead atoms. The van der Waals surface area contributed by atoms with Crippen molar-refractivity contribution in [3.05, 3.63) is 59.9 Å². The first-order chi connectivity index (χ1) is 14.8. The fourth-order valence-electron chi connectivity index (χ4n) is 4.06. The molecule has 2 heterocycles. The number of benzene rings is 2. The number of amides is 2. The zero-order valence-corrected chi connectivity index (χ0v) is 18.0. The topological polar surface area (TPSA) is 78.0 Å². The minimum Gasteiger partial charge on any atom is -0.368 e. The standard InChI is InChI=1S/C22H24FN3O4S/c1-16-2-8-19(9-3-16)31(29,30)26-20(10-11-21(26)27)22(28)25-14-12-24(13-15-25)18-6-4-17(23)5-7-18/h2-9,20H,10-15H2,1H3/t20-/m1/s1. The molecule has 2 aliphatic rings. The van der Waals surface area contributed by atoms with Crippen LogP contribution in [0.1, 0.15) is 18.4 Å². The summed E-state index contributed by atoms with van der Waals surface area (Å²) in [5.41, 5.74) is 1.77. The Labute approximate surface area is 181 Å². The van der Waals surface area contributed by atoms with Crippen LogP contribution in [-0.4, -0.2) is 61.7 Å². The number of rotatable bonds is 4. The summed E-state index contributed by atoms with van der Waals surface area (Å²) in [7, 11) is -4.10. The zero-order valence-electron chi connectivity index (χ0n) is 17.2. The molecule has 0 saturated carbocycles. The lowest BCUT2D eigenvalue weighted by atomic mass is 10.1. The highest BCUT2D eigenvalue weighted by Gasteiger charge is 2.45. The van der Waals surface area contributed by atoms with Crippen molar-refractivity contribution in [2.24, 2.45) is 0 Å². The van der Waals surface area contributed by atoms with Gasteiger partial charge < -0.3 is 9.80 Å². The average Bonchev–Trinajstić information content (AvgIpc) is 3.16. The van der Waals surface area contributed by atoms with Crippen LogP contribution in [0, 0.1) is 12.7 Å². The maximum absolute atomic E-state index is 13.2. The molecule has 0 unspecified atom stereocenters. The van der Waals surface area contributed by atoms with Crippen molar-refractivity contribution in [3.63, 3.8) is 0 Å². The van der Waals surface area contributed by atoms with E-state index in [1.807, 2.05) is 11.8 Å². The zero-order chi connectivity index (χ0) is 22.2. The summed E-state index contributed by atoms with van der Waals surface area (Å²) in [4.78, 5) is 29.3. The van der Waals surface area contributed by atoms with E-state index in [0.717, 1.165) is 15.6 Å². The van der Waals surface area contributed by atoms with E-state index in [2.05, 4.69) is 0 Å². The number of aryl methyl sites for hydroxylation is 1. The highest BCUT2D eigenvalue weighted by molar-refractivity contribution is 7.89. The van der Waals surface area contributed by atoms with Crippen LogP contribution >= 0.6 is 0 Å². The van der Waals surface area contributed by atoms with E-state index < -0.39 is 22.0 Å². The number of carbonyl (C=O) groups excluding carboxylic acids is 2. The first-order valence-corrected chi connectivity index (χ1v) is 11.6. The van der Waals surface area contributed by atoms with E-state index in [4.69, 9.17) is 0 Å². The molecule has 0 spiro atoms. The van der Waals surface area contributed by atoms with E-state index in [-0.39, 0.29) is 29.5 Å². The molecule has 164 valence electrons. The van der Waals surface area contributed by atoms with E-state index >= 15 is 0 Å². The summed E-state index contributed by atoms with van der Waals surface area (Å²) in [6.07, 6.45) is 0.206. The van der Waals surface area contributed by atoms with Gasteiger partial charge in [-0.2, -0.15) is 0 Å². The highest BCUT2D eigenvalue weighted by atomic mass is 32.2. The molecule has 7 nitrogen and oxygen atoms in total. The normalized spacial score (nSPS) is 19.7. The largest absolute Gasteiger partial charge is 0.368 e. The Balaban J connectivity index is 1.48. The second kappa shape index (κ2) is 8.30. The number of sulfonamides is 1. The number of hydrogen-bond acceptors (Lipinski definition) is 5. The fourth-order valence-corrected chi connectivity index (χ4v) is 5.66. The second-order valence-corrected chi connectivity index (χ2v) is 9.67. The molecule has 2 amide bonds. The summed E-state index contributed by atoms with van der Waals surface area (Å²) in [5, 5.41) is 0. The Morgan fingerprint density at radius 3 is 2.19 bits per heavy atom. The Kier molecular flexibility index (Phi) is 5.70. The number of anilines is 1. The maximum Gasteiger partial charge on any atom is 0.267 e. The van der Waals surface area contributed by atoms with Crippen LogP contribution in [0.25, 0.3) is 0 Å². The monoisotopic (exact) mass is 445 g/mol. The summed E-state index contributed by atoms with van der Waals surface area (Å²) in [6.45, 7) is 3.74. The molecular formula is C22H24FN3O4S. The molecule has 2 fully saturated rings. The number of piperazine rings is 1. The van der Waals surface area contributed by atoms with Crippen LogP contribution in [-0.2, 0) is 19.6 Å². The third kappa shape index (κ3) is 4.14. The molecule has 2 aliphatic heterocycles. The molecule has 2 aromatic rings. The Hall–Kier alpha value is -2.94. The van der Waals surface area contributed by atoms with Crippen LogP contribution in [0.2, 0.25) is 0 Å². The molecule has 1 atom stereocenters. The van der Waals surface area contributed by atoms with Crippen molar-refractivity contribution in [3.8, 4) is 0 Å². The highest BCUT2D eigenvalue weighted by Crippen LogP contribution is 2.29. The third-order valence-electron chi connectivity index (χ3n) is 5.81. The Bertz CT molecular complexity index is 1080. The van der Waals surface area contributed by atoms with Gasteiger partial charge in [0.25, 0.3) is 10.0 Å². The van der Waals surface area contributed by atoms with Gasteiger partial charge >= 0.3 is 0 Å². The number of nitrogens with zero attached hydrogens (tertiary/aromatic N) is 3. The van der Waals surface area contributed by atoms with Crippen molar-refractivity contribution in [1.29, 1.82) is 0 Å². The Morgan fingerprint density at radius 1 is 0.968 bits per heavy atom. The SMILES string of the molecule is Cc1ccc(S(=O)(=O)N2C(=O)CC[C@@H]2C(=O)N2CCN(c3ccc(F)cc3)CC2)cc1. The number of halogens is 1. The molecule has 0 aromatic heterocycles. The van der Waals surface area contributed by atoms with Crippen LogP contribution in [0.4, 0.5) is 10.1 Å². The molecule has 4 rings (SSSR count). The average molecular weight is 446 g/mol. The van der Waals surface area contributed by atoms with Crippen LogP contribution in [0.3, 0.4) is 0 Å². The molecule has 0 radical (unpaired) electrons. The third-order valence-corrected chi connectivity index (χ3v) is 7.65. The van der Waals surface area contributed by atoms with Gasteiger partial charge in [0.2, 0.25) is 11.8 Å². The molecule has 31 heavy (non-hydrogen) atoms. The van der Waals surface area contributed by atoms with Gasteiger partial charge in [0.15, 0.2) is 0 Å². The minimum atomic E-state index is -4.10. The van der Waals surface area contributed by atoms with Gasteiger partial charge in [-0.25, -0.2) is 17.1 Å². The molecule has 2 aromatic carbocycles. The Morgan fingerprint density at radius 2 is 1.58 bits per heavy atom. The molecule has 0 N–H and O–H groups in total. The number of carbonyl (C=O) groups is 2. The summed E-state index contributed by atoms with van der Waals surface area (Å²) < 4.78 is 40.1.